The van der Waals surface area contributed by atoms with Crippen molar-refractivity contribution >= 4 is 17.8 Å². The maximum absolute atomic E-state index is 13.1. The van der Waals surface area contributed by atoms with E-state index < -0.39 is 0 Å². The molecule has 2 amide bonds. The number of urea groups is 1. The number of likely N-dealkylation sites (tertiary alicyclic amines) is 1. The van der Waals surface area contributed by atoms with Gasteiger partial charge in [0.1, 0.15) is 11.8 Å². The van der Waals surface area contributed by atoms with Crippen molar-refractivity contribution < 1.29 is 9.53 Å². The molecule has 2 atom stereocenters. The topological polar surface area (TPSA) is 54.5 Å². The third-order valence-electron chi connectivity index (χ3n) is 4.95. The summed E-state index contributed by atoms with van der Waals surface area (Å²) < 4.78 is 5.53. The van der Waals surface area contributed by atoms with Crippen molar-refractivity contribution in [3.63, 3.8) is 0 Å². The van der Waals surface area contributed by atoms with Crippen molar-refractivity contribution in [1.29, 1.82) is 0 Å². The van der Waals surface area contributed by atoms with E-state index in [1.165, 1.54) is 12.8 Å². The first-order valence-corrected chi connectivity index (χ1v) is 10.6. The van der Waals surface area contributed by atoms with Crippen LogP contribution in [0.4, 0.5) is 4.79 Å². The molecule has 1 N–H and O–H groups in total. The van der Waals surface area contributed by atoms with E-state index in [4.69, 9.17) is 4.74 Å². The monoisotopic (exact) mass is 385 g/mol. The predicted molar refractivity (Wildman–Crippen MR) is 110 cm³/mol. The minimum Gasteiger partial charge on any atom is -0.496 e. The molecule has 6 heteroatoms. The molecule has 0 aliphatic carbocycles. The number of methoxy groups -OCH3 is 1. The number of ether oxygens (including phenoxy) is 1. The fourth-order valence-electron chi connectivity index (χ4n) is 3.46. The minimum atomic E-state index is -0.356. The Kier molecular flexibility index (Phi) is 6.98. The molecule has 1 aliphatic heterocycles. The summed E-state index contributed by atoms with van der Waals surface area (Å²) in [5.74, 6) is 0.742. The molecule has 0 radical (unpaired) electrons. The molecule has 0 bridgehead atoms. The second-order valence-corrected chi connectivity index (χ2v) is 7.82. The van der Waals surface area contributed by atoms with Crippen LogP contribution in [0.1, 0.15) is 36.6 Å². The van der Waals surface area contributed by atoms with Gasteiger partial charge in [0.05, 0.1) is 12.8 Å². The summed E-state index contributed by atoms with van der Waals surface area (Å²) in [6.45, 7) is 1.58. The maximum atomic E-state index is 13.1. The van der Waals surface area contributed by atoms with Crippen molar-refractivity contribution in [3.8, 4) is 5.75 Å². The molecule has 1 aromatic heterocycles. The van der Waals surface area contributed by atoms with Gasteiger partial charge in [-0.3, -0.25) is 4.98 Å². The molecule has 1 aromatic carbocycles. The highest BCUT2D eigenvalue weighted by Crippen LogP contribution is 2.29. The SMILES string of the molecule is COc1ccccc1[C@H](NC(=O)N1CCCC[C@H](SC)C1)c1ccccn1. The zero-order valence-corrected chi connectivity index (χ0v) is 16.7. The maximum Gasteiger partial charge on any atom is 0.318 e. The van der Waals surface area contributed by atoms with Gasteiger partial charge >= 0.3 is 6.03 Å². The minimum absolute atomic E-state index is 0.0440. The third kappa shape index (κ3) is 4.95. The number of benzene rings is 1. The first-order chi connectivity index (χ1) is 13.2. The van der Waals surface area contributed by atoms with Crippen molar-refractivity contribution in [2.75, 3.05) is 26.5 Å². The Balaban J connectivity index is 1.86. The van der Waals surface area contributed by atoms with Gasteiger partial charge in [-0.2, -0.15) is 11.8 Å². The fourth-order valence-corrected chi connectivity index (χ4v) is 4.19. The summed E-state index contributed by atoms with van der Waals surface area (Å²) in [4.78, 5) is 19.5. The van der Waals surface area contributed by atoms with Crippen LogP contribution in [0.15, 0.2) is 48.7 Å². The number of nitrogens with zero attached hydrogens (tertiary/aromatic N) is 2. The lowest BCUT2D eigenvalue weighted by molar-refractivity contribution is 0.197. The van der Waals surface area contributed by atoms with E-state index in [0.29, 0.717) is 5.25 Å². The summed E-state index contributed by atoms with van der Waals surface area (Å²) in [5, 5.41) is 3.70. The van der Waals surface area contributed by atoms with Crippen LogP contribution in [0, 0.1) is 0 Å². The highest BCUT2D eigenvalue weighted by atomic mass is 32.2. The molecule has 0 unspecified atom stereocenters. The molecular formula is C21H27N3O2S. The summed E-state index contributed by atoms with van der Waals surface area (Å²) in [7, 11) is 1.65. The number of thioether (sulfide) groups is 1. The first kappa shape index (κ1) is 19.5. The molecule has 1 aliphatic rings. The van der Waals surface area contributed by atoms with Gasteiger partial charge in [0.15, 0.2) is 0 Å². The number of nitrogens with one attached hydrogen (secondary N) is 1. The lowest BCUT2D eigenvalue weighted by Crippen LogP contribution is -2.44. The van der Waals surface area contributed by atoms with E-state index in [1.807, 2.05) is 59.1 Å². The number of pyridine rings is 1. The van der Waals surface area contributed by atoms with E-state index in [2.05, 4.69) is 16.6 Å². The summed E-state index contributed by atoms with van der Waals surface area (Å²) >= 11 is 1.84. The van der Waals surface area contributed by atoms with E-state index in [0.717, 1.165) is 36.5 Å². The summed E-state index contributed by atoms with van der Waals surface area (Å²) in [6, 6.07) is 13.1. The molecule has 2 aromatic rings. The number of carbonyl (C=O) groups excluding carboxylic acids is 1. The number of aromatic nitrogens is 1. The lowest BCUT2D eigenvalue weighted by atomic mass is 10.0. The number of carbonyl (C=O) groups is 1. The normalized spacial score (nSPS) is 18.4. The van der Waals surface area contributed by atoms with Crippen LogP contribution in [0.2, 0.25) is 0 Å². The van der Waals surface area contributed by atoms with Crippen LogP contribution >= 0.6 is 11.8 Å². The Morgan fingerprint density at radius 3 is 2.81 bits per heavy atom. The van der Waals surface area contributed by atoms with Gasteiger partial charge in [-0.15, -0.1) is 0 Å². The van der Waals surface area contributed by atoms with E-state index >= 15 is 0 Å². The van der Waals surface area contributed by atoms with Crippen LogP contribution < -0.4 is 10.1 Å². The molecule has 1 fully saturated rings. The Hall–Kier alpha value is -2.21. The van der Waals surface area contributed by atoms with Gasteiger partial charge in [0.2, 0.25) is 0 Å². The van der Waals surface area contributed by atoms with Gasteiger partial charge in [-0.25, -0.2) is 4.79 Å². The number of hydrogen-bond acceptors (Lipinski definition) is 4. The Morgan fingerprint density at radius 1 is 1.26 bits per heavy atom. The van der Waals surface area contributed by atoms with Crippen LogP contribution in [0.5, 0.6) is 5.75 Å². The average molecular weight is 386 g/mol. The number of amides is 2. The van der Waals surface area contributed by atoms with Crippen LogP contribution in [0.25, 0.3) is 0 Å². The molecule has 5 nitrogen and oxygen atoms in total. The Morgan fingerprint density at radius 2 is 2.07 bits per heavy atom. The lowest BCUT2D eigenvalue weighted by Gasteiger charge is -2.28. The van der Waals surface area contributed by atoms with Gasteiger partial charge in [0.25, 0.3) is 0 Å². The van der Waals surface area contributed by atoms with Gasteiger partial charge in [-0.05, 0) is 37.3 Å². The van der Waals surface area contributed by atoms with Gasteiger partial charge in [0, 0.05) is 30.1 Å². The first-order valence-electron chi connectivity index (χ1n) is 9.35. The molecule has 0 saturated carbocycles. The van der Waals surface area contributed by atoms with Crippen LogP contribution in [0.3, 0.4) is 0 Å². The van der Waals surface area contributed by atoms with E-state index in [1.54, 1.807) is 13.3 Å². The van der Waals surface area contributed by atoms with Crippen LogP contribution in [-0.4, -0.2) is 47.6 Å². The predicted octanol–water partition coefficient (Wildman–Crippen LogP) is 4.11. The zero-order chi connectivity index (χ0) is 19.1. The standard InChI is InChI=1S/C21H27N3O2S/c1-26-19-12-4-3-10-17(19)20(18-11-5-7-13-22-18)23-21(25)24-14-8-6-9-16(15-24)27-2/h3-5,7,10-13,16,20H,6,8-9,14-15H2,1-2H3,(H,23,25)/t16-,20-/m0/s1. The van der Waals surface area contributed by atoms with Crippen LogP contribution in [-0.2, 0) is 0 Å². The zero-order valence-electron chi connectivity index (χ0n) is 15.9. The Bertz CT molecular complexity index is 741. The quantitative estimate of drug-likeness (QED) is 0.842. The molecule has 144 valence electrons. The van der Waals surface area contributed by atoms with E-state index in [9.17, 15) is 4.79 Å². The third-order valence-corrected chi connectivity index (χ3v) is 6.00. The highest BCUT2D eigenvalue weighted by molar-refractivity contribution is 7.99. The Labute approximate surface area is 165 Å². The molecule has 2 heterocycles. The second kappa shape index (κ2) is 9.65. The second-order valence-electron chi connectivity index (χ2n) is 6.68. The number of para-hydroxylation sites is 1. The molecular weight excluding hydrogens is 358 g/mol. The largest absolute Gasteiger partial charge is 0.496 e. The fraction of sp³-hybridized carbons (Fsp3) is 0.429. The molecule has 0 spiro atoms. The molecule has 27 heavy (non-hydrogen) atoms. The molecule has 3 rings (SSSR count). The highest BCUT2D eigenvalue weighted by Gasteiger charge is 2.26. The van der Waals surface area contributed by atoms with Crippen molar-refractivity contribution in [2.24, 2.45) is 0 Å². The summed E-state index contributed by atoms with van der Waals surface area (Å²) in [5.41, 5.74) is 1.70. The smallest absolute Gasteiger partial charge is 0.318 e. The average Bonchev–Trinajstić information content (AvgIpc) is 2.98. The molecule has 1 saturated heterocycles. The van der Waals surface area contributed by atoms with Crippen molar-refractivity contribution in [3.05, 3.63) is 59.9 Å². The van der Waals surface area contributed by atoms with Gasteiger partial charge in [-0.1, -0.05) is 30.7 Å². The van der Waals surface area contributed by atoms with Crippen molar-refractivity contribution in [1.82, 2.24) is 15.2 Å². The van der Waals surface area contributed by atoms with E-state index in [-0.39, 0.29) is 12.1 Å². The van der Waals surface area contributed by atoms with Gasteiger partial charge < -0.3 is 15.0 Å². The van der Waals surface area contributed by atoms with Crippen molar-refractivity contribution in [2.45, 2.75) is 30.6 Å². The summed E-state index contributed by atoms with van der Waals surface area (Å²) in [6.07, 6.45) is 7.26. The number of hydrogen-bond donors (Lipinski definition) is 1. The number of rotatable bonds is 5.